The minimum Gasteiger partial charge on any atom is -0.550 e. The molecular weight excluding hydrogens is 555 g/mol. The maximum Gasteiger partial charge on any atom is 2.00 e. The molecule has 223 valence electrons. The number of hydrogen-bond donors (Lipinski definition) is 2. The summed E-state index contributed by atoms with van der Waals surface area (Å²) < 4.78 is 0. The van der Waals surface area contributed by atoms with Crippen LogP contribution >= 0.6 is 0 Å². The molecule has 0 atom stereocenters. The summed E-state index contributed by atoms with van der Waals surface area (Å²) in [5, 5.41) is 38.7. The van der Waals surface area contributed by atoms with E-state index in [0.717, 1.165) is 81.0 Å². The van der Waals surface area contributed by atoms with Gasteiger partial charge in [-0.3, -0.25) is 9.98 Å². The van der Waals surface area contributed by atoms with Crippen LogP contribution in [0.15, 0.2) is 34.3 Å². The summed E-state index contributed by atoms with van der Waals surface area (Å²) in [4.78, 5) is 26.8. The first kappa shape index (κ1) is 39.0. The predicted molar refractivity (Wildman–Crippen MR) is 154 cm³/mol. The molecule has 0 fully saturated rings. The fourth-order valence-electron chi connectivity index (χ4n) is 3.76. The van der Waals surface area contributed by atoms with Crippen molar-refractivity contribution in [1.82, 2.24) is 0 Å². The Labute approximate surface area is 249 Å². The number of aliphatic carboxylic acids is 2. The maximum atomic E-state index is 10.4. The molecule has 0 aliphatic carbocycles. The Balaban J connectivity index is 0. The van der Waals surface area contributed by atoms with Crippen molar-refractivity contribution in [3.05, 3.63) is 57.6 Å². The van der Waals surface area contributed by atoms with Gasteiger partial charge in [0.25, 0.3) is 0 Å². The molecule has 2 aromatic rings. The van der Waals surface area contributed by atoms with Crippen LogP contribution in [0, 0.1) is 0 Å². The van der Waals surface area contributed by atoms with E-state index in [9.17, 15) is 10.2 Å². The molecule has 2 rings (SSSR count). The molecular formula is C31H44CoN2O6. The molecule has 0 aromatic heterocycles. The van der Waals surface area contributed by atoms with E-state index < -0.39 is 11.9 Å². The summed E-state index contributed by atoms with van der Waals surface area (Å²) in [6.45, 7) is 11.7. The molecule has 8 nitrogen and oxygen atoms in total. The predicted octanol–water partition coefficient (Wildman–Crippen LogP) is 3.57. The van der Waals surface area contributed by atoms with E-state index in [1.807, 2.05) is 12.1 Å². The van der Waals surface area contributed by atoms with E-state index in [0.29, 0.717) is 24.6 Å². The Morgan fingerprint density at radius 1 is 0.725 bits per heavy atom. The Morgan fingerprint density at radius 2 is 1.05 bits per heavy atom. The molecule has 0 saturated heterocycles. The third kappa shape index (κ3) is 16.7. The van der Waals surface area contributed by atoms with Crippen LogP contribution in [0.3, 0.4) is 0 Å². The molecule has 2 N–H and O–H groups in total. The number of nitrogens with zero attached hydrogens (tertiary/aromatic N) is 2. The van der Waals surface area contributed by atoms with Gasteiger partial charge in [0.1, 0.15) is 11.5 Å². The van der Waals surface area contributed by atoms with Crippen molar-refractivity contribution in [2.24, 2.45) is 9.98 Å². The molecule has 0 amide bonds. The van der Waals surface area contributed by atoms with Crippen molar-refractivity contribution in [3.63, 3.8) is 0 Å². The maximum absolute atomic E-state index is 10.4. The zero-order valence-electron chi connectivity index (χ0n) is 24.6. The second kappa shape index (κ2) is 22.6. The Bertz CT molecular complexity index is 1010. The van der Waals surface area contributed by atoms with Crippen LogP contribution in [-0.4, -0.2) is 47.7 Å². The molecule has 9 heteroatoms. The van der Waals surface area contributed by atoms with Crippen molar-refractivity contribution in [1.29, 1.82) is 0 Å². The van der Waals surface area contributed by atoms with Crippen LogP contribution in [-0.2, 0) is 52.1 Å². The number of aryl methyl sites for hydroxylation is 4. The van der Waals surface area contributed by atoms with Crippen LogP contribution in [0.1, 0.15) is 94.2 Å². The SMILES string of the molecule is CC(=O)[O-].CC(=O)[O-].CCCc1cc(C=NCCCN=Cc2cc(CCC)cc(CC)c2O)c(O)c(CC)c1.[Co+2]. The number of carbonyl (C=O) groups excluding carboxylic acids is 2. The van der Waals surface area contributed by atoms with Crippen molar-refractivity contribution >= 4 is 24.4 Å². The fraction of sp³-hybridized carbons (Fsp3) is 0.484. The molecule has 1 radical (unpaired) electrons. The van der Waals surface area contributed by atoms with Crippen molar-refractivity contribution in [2.45, 2.75) is 86.5 Å². The van der Waals surface area contributed by atoms with Gasteiger partial charge < -0.3 is 30.0 Å². The van der Waals surface area contributed by atoms with Crippen molar-refractivity contribution in [2.75, 3.05) is 13.1 Å². The smallest absolute Gasteiger partial charge is 0.550 e. The summed E-state index contributed by atoms with van der Waals surface area (Å²) in [6, 6.07) is 8.27. The van der Waals surface area contributed by atoms with Gasteiger partial charge >= 0.3 is 16.8 Å². The Hall–Kier alpha value is -3.17. The van der Waals surface area contributed by atoms with Crippen LogP contribution in [0.4, 0.5) is 0 Å². The zero-order valence-corrected chi connectivity index (χ0v) is 25.6. The summed E-state index contributed by atoms with van der Waals surface area (Å²) in [5.41, 5.74) is 6.06. The number of aromatic hydroxyl groups is 2. The molecule has 0 unspecified atom stereocenters. The number of phenols is 2. The number of aliphatic imine (C=N–C) groups is 2. The molecule has 0 aliphatic rings. The summed E-state index contributed by atoms with van der Waals surface area (Å²) in [6.07, 6.45) is 10.2. The normalized spacial score (nSPS) is 10.3. The van der Waals surface area contributed by atoms with Crippen molar-refractivity contribution < 1.29 is 46.8 Å². The molecule has 0 heterocycles. The standard InChI is InChI=1S/C27H38N2O2.2C2H4O2.Co/c1-5-10-20-14-22(7-3)26(30)24(16-20)18-28-12-9-13-29-19-25-17-21(11-6-2)15-23(8-4)27(25)31;2*1-2(3)4;/h14-19,30-31H,5-13H2,1-4H3;2*1H3,(H,3,4);/q;;;+2/p-2. The van der Waals surface area contributed by atoms with Gasteiger partial charge in [0.05, 0.1) is 0 Å². The van der Waals surface area contributed by atoms with Gasteiger partial charge in [-0.2, -0.15) is 0 Å². The Kier molecular flexibility index (Phi) is 22.0. The number of phenolic OH excluding ortho intramolecular Hbond substituents is 2. The minimum atomic E-state index is -1.08. The van der Waals surface area contributed by atoms with E-state index in [4.69, 9.17) is 19.8 Å². The second-order valence-electron chi connectivity index (χ2n) is 9.00. The van der Waals surface area contributed by atoms with Gasteiger partial charge in [-0.15, -0.1) is 0 Å². The van der Waals surface area contributed by atoms with Crippen LogP contribution in [0.25, 0.3) is 0 Å². The molecule has 0 spiro atoms. The first-order valence-electron chi connectivity index (χ1n) is 13.5. The average Bonchev–Trinajstić information content (AvgIpc) is 2.86. The second-order valence-corrected chi connectivity index (χ2v) is 9.00. The van der Waals surface area contributed by atoms with Crippen LogP contribution < -0.4 is 10.2 Å². The molecule has 0 saturated carbocycles. The summed E-state index contributed by atoms with van der Waals surface area (Å²) in [5.74, 6) is -1.48. The molecule has 2 aromatic carbocycles. The molecule has 0 bridgehead atoms. The zero-order chi connectivity index (χ0) is 29.8. The number of hydrogen-bond acceptors (Lipinski definition) is 8. The first-order chi connectivity index (χ1) is 18.5. The first-order valence-corrected chi connectivity index (χ1v) is 13.5. The number of rotatable bonds is 12. The number of benzene rings is 2. The quantitative estimate of drug-likeness (QED) is 0.282. The third-order valence-corrected chi connectivity index (χ3v) is 5.43. The molecule has 0 aliphatic heterocycles. The number of carboxylic acid groups (broad SMARTS) is 2. The van der Waals surface area contributed by atoms with Crippen LogP contribution in [0.5, 0.6) is 11.5 Å². The van der Waals surface area contributed by atoms with E-state index >= 15 is 0 Å². The van der Waals surface area contributed by atoms with Gasteiger partial charge in [-0.1, -0.05) is 52.7 Å². The minimum absolute atomic E-state index is 0. The summed E-state index contributed by atoms with van der Waals surface area (Å²) >= 11 is 0. The number of carboxylic acids is 2. The van der Waals surface area contributed by atoms with E-state index in [1.54, 1.807) is 12.4 Å². The van der Waals surface area contributed by atoms with Crippen LogP contribution in [0.2, 0.25) is 0 Å². The van der Waals surface area contributed by atoms with Gasteiger partial charge in [0.2, 0.25) is 0 Å². The van der Waals surface area contributed by atoms with E-state index in [1.165, 1.54) is 11.1 Å². The largest absolute Gasteiger partial charge is 2.00 e. The fourth-order valence-corrected chi connectivity index (χ4v) is 3.76. The van der Waals surface area contributed by atoms with Gasteiger partial charge in [-0.05, 0) is 80.3 Å². The van der Waals surface area contributed by atoms with E-state index in [2.05, 4.69) is 49.8 Å². The molecule has 40 heavy (non-hydrogen) atoms. The van der Waals surface area contributed by atoms with E-state index in [-0.39, 0.29) is 16.8 Å². The topological polar surface area (TPSA) is 145 Å². The van der Waals surface area contributed by atoms with Gasteiger partial charge in [0.15, 0.2) is 0 Å². The average molecular weight is 600 g/mol. The monoisotopic (exact) mass is 599 g/mol. The Morgan fingerprint density at radius 3 is 1.32 bits per heavy atom. The summed E-state index contributed by atoms with van der Waals surface area (Å²) in [7, 11) is 0. The third-order valence-electron chi connectivity index (χ3n) is 5.43. The number of carbonyl (C=O) groups is 2. The van der Waals surface area contributed by atoms with Gasteiger partial charge in [0, 0.05) is 48.6 Å². The van der Waals surface area contributed by atoms with Crippen molar-refractivity contribution in [3.8, 4) is 11.5 Å². The van der Waals surface area contributed by atoms with Gasteiger partial charge in [-0.25, -0.2) is 0 Å².